The van der Waals surface area contributed by atoms with Crippen LogP contribution in [-0.2, 0) is 17.8 Å². The molecule has 0 aliphatic heterocycles. The highest BCUT2D eigenvalue weighted by Gasteiger charge is 2.11. The Bertz CT molecular complexity index is 774. The van der Waals surface area contributed by atoms with Crippen molar-refractivity contribution in [2.75, 3.05) is 20.8 Å². The minimum atomic E-state index is -0.139. The lowest BCUT2D eigenvalue weighted by molar-refractivity contribution is -0.120. The highest BCUT2D eigenvalue weighted by molar-refractivity contribution is 5.94. The molecule has 6 nitrogen and oxygen atoms in total. The van der Waals surface area contributed by atoms with E-state index in [4.69, 9.17) is 9.47 Å². The molecule has 0 heterocycles. The molecule has 2 aromatic rings. The molecule has 0 aliphatic rings. The van der Waals surface area contributed by atoms with Crippen molar-refractivity contribution in [1.29, 1.82) is 0 Å². The van der Waals surface area contributed by atoms with Crippen LogP contribution in [0, 0.1) is 0 Å². The number of methoxy groups -OCH3 is 2. The van der Waals surface area contributed by atoms with Gasteiger partial charge in [0.05, 0.1) is 20.6 Å². The lowest BCUT2D eigenvalue weighted by atomic mass is 10.1. The molecule has 26 heavy (non-hydrogen) atoms. The average Bonchev–Trinajstić information content (AvgIpc) is 2.66. The minimum Gasteiger partial charge on any atom is -0.497 e. The molecule has 0 atom stereocenters. The fourth-order valence-corrected chi connectivity index (χ4v) is 2.54. The summed E-state index contributed by atoms with van der Waals surface area (Å²) in [5, 5.41) is 5.63. The number of hydrogen-bond acceptors (Lipinski definition) is 4. The third-order valence-electron chi connectivity index (χ3n) is 3.85. The molecule has 2 N–H and O–H groups in total. The molecule has 2 aromatic carbocycles. The summed E-state index contributed by atoms with van der Waals surface area (Å²) in [5.74, 6) is 1.05. The Labute approximate surface area is 153 Å². The van der Waals surface area contributed by atoms with Gasteiger partial charge in [-0.2, -0.15) is 0 Å². The number of amides is 2. The summed E-state index contributed by atoms with van der Waals surface area (Å²) in [6.45, 7) is 2.79. The third kappa shape index (κ3) is 5.24. The van der Waals surface area contributed by atoms with E-state index in [1.165, 1.54) is 0 Å². The lowest BCUT2D eigenvalue weighted by Crippen LogP contribution is -2.25. The standard InChI is InChI=1S/C20H24N2O4/c1-4-21-20(24)15-7-5-6-14(10-15)13-22-19(23)12-16-11-17(25-2)8-9-18(16)26-3/h5-11H,4,12-13H2,1-3H3,(H,21,24)(H,22,23). The zero-order valence-corrected chi connectivity index (χ0v) is 15.3. The Kier molecular flexibility index (Phi) is 7.02. The van der Waals surface area contributed by atoms with E-state index in [0.29, 0.717) is 30.2 Å². The average molecular weight is 356 g/mol. The predicted octanol–water partition coefficient (Wildman–Crippen LogP) is 2.31. The van der Waals surface area contributed by atoms with Gasteiger partial charge in [-0.15, -0.1) is 0 Å². The van der Waals surface area contributed by atoms with Gasteiger partial charge in [-0.1, -0.05) is 12.1 Å². The van der Waals surface area contributed by atoms with Crippen LogP contribution in [0.15, 0.2) is 42.5 Å². The van der Waals surface area contributed by atoms with E-state index >= 15 is 0 Å². The molecule has 0 unspecified atom stereocenters. The van der Waals surface area contributed by atoms with Crippen molar-refractivity contribution in [3.05, 3.63) is 59.2 Å². The minimum absolute atomic E-state index is 0.123. The SMILES string of the molecule is CCNC(=O)c1cccc(CNC(=O)Cc2cc(OC)ccc2OC)c1. The Morgan fingerprint density at radius 3 is 2.50 bits per heavy atom. The van der Waals surface area contributed by atoms with Crippen LogP contribution in [0.4, 0.5) is 0 Å². The molecule has 0 saturated heterocycles. The van der Waals surface area contributed by atoms with Gasteiger partial charge in [0.1, 0.15) is 11.5 Å². The number of ether oxygens (including phenoxy) is 2. The van der Waals surface area contributed by atoms with E-state index in [1.807, 2.05) is 13.0 Å². The second-order valence-electron chi connectivity index (χ2n) is 5.69. The van der Waals surface area contributed by atoms with Crippen molar-refractivity contribution in [1.82, 2.24) is 10.6 Å². The van der Waals surface area contributed by atoms with Gasteiger partial charge in [-0.05, 0) is 42.8 Å². The summed E-state index contributed by atoms with van der Waals surface area (Å²) < 4.78 is 10.5. The van der Waals surface area contributed by atoms with Gasteiger partial charge in [0.2, 0.25) is 5.91 Å². The summed E-state index contributed by atoms with van der Waals surface area (Å²) in [6, 6.07) is 12.5. The van der Waals surface area contributed by atoms with Crippen LogP contribution in [0.2, 0.25) is 0 Å². The molecular formula is C20H24N2O4. The van der Waals surface area contributed by atoms with Crippen molar-refractivity contribution in [2.24, 2.45) is 0 Å². The second kappa shape index (κ2) is 9.46. The van der Waals surface area contributed by atoms with Gasteiger partial charge in [-0.3, -0.25) is 9.59 Å². The first-order valence-corrected chi connectivity index (χ1v) is 8.42. The molecule has 2 amide bonds. The lowest BCUT2D eigenvalue weighted by Gasteiger charge is -2.11. The molecular weight excluding hydrogens is 332 g/mol. The summed E-state index contributed by atoms with van der Waals surface area (Å²) >= 11 is 0. The van der Waals surface area contributed by atoms with Crippen LogP contribution in [0.25, 0.3) is 0 Å². The maximum absolute atomic E-state index is 12.3. The van der Waals surface area contributed by atoms with Gasteiger partial charge >= 0.3 is 0 Å². The summed E-state index contributed by atoms with van der Waals surface area (Å²) in [6.07, 6.45) is 0.177. The normalized spacial score (nSPS) is 10.1. The molecule has 138 valence electrons. The predicted molar refractivity (Wildman–Crippen MR) is 99.5 cm³/mol. The van der Waals surface area contributed by atoms with E-state index in [9.17, 15) is 9.59 Å². The van der Waals surface area contributed by atoms with Crippen LogP contribution >= 0.6 is 0 Å². The quantitative estimate of drug-likeness (QED) is 0.761. The molecule has 0 spiro atoms. The van der Waals surface area contributed by atoms with Crippen LogP contribution in [0.1, 0.15) is 28.4 Å². The van der Waals surface area contributed by atoms with Crippen LogP contribution in [0.5, 0.6) is 11.5 Å². The molecule has 0 radical (unpaired) electrons. The van der Waals surface area contributed by atoms with Crippen molar-refractivity contribution in [3.63, 3.8) is 0 Å². The topological polar surface area (TPSA) is 76.7 Å². The largest absolute Gasteiger partial charge is 0.497 e. The maximum atomic E-state index is 12.3. The van der Waals surface area contributed by atoms with E-state index in [0.717, 1.165) is 11.1 Å². The van der Waals surface area contributed by atoms with Gasteiger partial charge in [-0.25, -0.2) is 0 Å². The second-order valence-corrected chi connectivity index (χ2v) is 5.69. The monoisotopic (exact) mass is 356 g/mol. The smallest absolute Gasteiger partial charge is 0.251 e. The molecule has 0 aliphatic carbocycles. The fourth-order valence-electron chi connectivity index (χ4n) is 2.54. The first-order valence-electron chi connectivity index (χ1n) is 8.42. The summed E-state index contributed by atoms with van der Waals surface area (Å²) in [5.41, 5.74) is 2.19. The maximum Gasteiger partial charge on any atom is 0.251 e. The zero-order chi connectivity index (χ0) is 18.9. The first-order chi connectivity index (χ1) is 12.6. The number of benzene rings is 2. The highest BCUT2D eigenvalue weighted by atomic mass is 16.5. The molecule has 0 bridgehead atoms. The van der Waals surface area contributed by atoms with Gasteiger partial charge in [0.25, 0.3) is 5.91 Å². The first kappa shape index (κ1) is 19.3. The molecule has 6 heteroatoms. The Morgan fingerprint density at radius 1 is 1.00 bits per heavy atom. The summed E-state index contributed by atoms with van der Waals surface area (Å²) in [7, 11) is 3.14. The summed E-state index contributed by atoms with van der Waals surface area (Å²) in [4.78, 5) is 24.2. The van der Waals surface area contributed by atoms with Crippen LogP contribution < -0.4 is 20.1 Å². The Morgan fingerprint density at radius 2 is 1.81 bits per heavy atom. The zero-order valence-electron chi connectivity index (χ0n) is 15.3. The fraction of sp³-hybridized carbons (Fsp3) is 0.300. The number of rotatable bonds is 8. The molecule has 2 rings (SSSR count). The van der Waals surface area contributed by atoms with Crippen molar-refractivity contribution in [3.8, 4) is 11.5 Å². The van der Waals surface area contributed by atoms with Gasteiger partial charge in [0, 0.05) is 24.2 Å². The van der Waals surface area contributed by atoms with Gasteiger partial charge < -0.3 is 20.1 Å². The Balaban J connectivity index is 1.99. The Hall–Kier alpha value is -3.02. The van der Waals surface area contributed by atoms with Crippen LogP contribution in [-0.4, -0.2) is 32.6 Å². The van der Waals surface area contributed by atoms with E-state index in [1.54, 1.807) is 50.6 Å². The third-order valence-corrected chi connectivity index (χ3v) is 3.85. The van der Waals surface area contributed by atoms with E-state index in [-0.39, 0.29) is 18.2 Å². The highest BCUT2D eigenvalue weighted by Crippen LogP contribution is 2.24. The molecule has 0 aromatic heterocycles. The van der Waals surface area contributed by atoms with Crippen molar-refractivity contribution >= 4 is 11.8 Å². The van der Waals surface area contributed by atoms with E-state index < -0.39 is 0 Å². The van der Waals surface area contributed by atoms with Gasteiger partial charge in [0.15, 0.2) is 0 Å². The van der Waals surface area contributed by atoms with Crippen molar-refractivity contribution in [2.45, 2.75) is 19.9 Å². The molecule has 0 fully saturated rings. The number of nitrogens with one attached hydrogen (secondary N) is 2. The van der Waals surface area contributed by atoms with Crippen molar-refractivity contribution < 1.29 is 19.1 Å². The number of hydrogen-bond donors (Lipinski definition) is 2. The number of carbonyl (C=O) groups excluding carboxylic acids is 2. The molecule has 0 saturated carbocycles. The van der Waals surface area contributed by atoms with Crippen LogP contribution in [0.3, 0.4) is 0 Å². The number of carbonyl (C=O) groups is 2. The van der Waals surface area contributed by atoms with E-state index in [2.05, 4.69) is 10.6 Å².